The number of rotatable bonds is 2. The Morgan fingerprint density at radius 3 is 2.45 bits per heavy atom. The first kappa shape index (κ1) is 22.3. The number of aliphatic imine (C=N–C) groups is 1. The molecule has 0 saturated carbocycles. The highest BCUT2D eigenvalue weighted by molar-refractivity contribution is 8.20. The van der Waals surface area contributed by atoms with Crippen LogP contribution in [0.1, 0.15) is 5.56 Å². The molecule has 4 nitrogen and oxygen atoms in total. The van der Waals surface area contributed by atoms with Crippen LogP contribution >= 0.6 is 46.7 Å². The van der Waals surface area contributed by atoms with Crippen LogP contribution in [0.3, 0.4) is 0 Å². The smallest absolute Gasteiger partial charge is 0.274 e. The zero-order valence-electron chi connectivity index (χ0n) is 17.5. The highest BCUT2D eigenvalue weighted by Crippen LogP contribution is 2.51. The third kappa shape index (κ3) is 4.15. The number of fused-ring (bicyclic) bond motifs is 1. The molecule has 0 radical (unpaired) electrons. The highest BCUT2D eigenvalue weighted by atomic mass is 35.5. The molecule has 0 bridgehead atoms. The molecule has 33 heavy (non-hydrogen) atoms. The second-order valence-corrected chi connectivity index (χ2v) is 10.3. The minimum Gasteiger partial charge on any atom is -0.337 e. The van der Waals surface area contributed by atoms with Gasteiger partial charge < -0.3 is 4.90 Å². The summed E-state index contributed by atoms with van der Waals surface area (Å²) in [6, 6.07) is 16.9. The lowest BCUT2D eigenvalue weighted by molar-refractivity contribution is -0.113. The summed E-state index contributed by atoms with van der Waals surface area (Å²) in [6.45, 7) is 1.91. The number of hydrogen-bond acceptors (Lipinski definition) is 5. The molecule has 3 aromatic rings. The summed E-state index contributed by atoms with van der Waals surface area (Å²) < 4.78 is 13.6. The largest absolute Gasteiger partial charge is 0.337 e. The van der Waals surface area contributed by atoms with Crippen LogP contribution in [0, 0.1) is 12.7 Å². The van der Waals surface area contributed by atoms with E-state index in [0.29, 0.717) is 31.5 Å². The number of benzene rings is 3. The lowest BCUT2D eigenvalue weighted by Crippen LogP contribution is -2.29. The highest BCUT2D eigenvalue weighted by Gasteiger charge is 2.40. The average molecular weight is 516 g/mol. The van der Waals surface area contributed by atoms with Gasteiger partial charge in [-0.25, -0.2) is 9.38 Å². The average Bonchev–Trinajstić information content (AvgIpc) is 3.28. The predicted octanol–water partition coefficient (Wildman–Crippen LogP) is 7.62. The summed E-state index contributed by atoms with van der Waals surface area (Å²) in [6.07, 6.45) is 0. The first-order chi connectivity index (χ1) is 15.8. The fraction of sp³-hybridized carbons (Fsp3) is 0.0833. The van der Waals surface area contributed by atoms with Crippen LogP contribution < -0.4 is 9.80 Å². The van der Waals surface area contributed by atoms with E-state index in [1.54, 1.807) is 18.2 Å². The molecule has 2 aliphatic rings. The van der Waals surface area contributed by atoms with Crippen LogP contribution in [-0.4, -0.2) is 18.1 Å². The number of halogens is 3. The van der Waals surface area contributed by atoms with E-state index in [1.165, 1.54) is 40.6 Å². The van der Waals surface area contributed by atoms with Crippen LogP contribution in [0.5, 0.6) is 0 Å². The molecule has 1 fully saturated rings. The van der Waals surface area contributed by atoms with Gasteiger partial charge in [-0.2, -0.15) is 0 Å². The quantitative estimate of drug-likeness (QED) is 0.329. The van der Waals surface area contributed by atoms with Gasteiger partial charge in [0, 0.05) is 22.0 Å². The first-order valence-corrected chi connectivity index (χ1v) is 12.3. The molecule has 5 rings (SSSR count). The Labute approximate surface area is 209 Å². The summed E-state index contributed by atoms with van der Waals surface area (Å²) in [7, 11) is 1.91. The van der Waals surface area contributed by atoms with E-state index in [-0.39, 0.29) is 11.7 Å². The van der Waals surface area contributed by atoms with E-state index < -0.39 is 0 Å². The molecular formula is C24H16Cl2FN3OS2. The number of amides is 1. The van der Waals surface area contributed by atoms with Crippen molar-refractivity contribution in [1.82, 2.24) is 0 Å². The summed E-state index contributed by atoms with van der Waals surface area (Å²) in [5, 5.41) is 2.49. The van der Waals surface area contributed by atoms with Crippen LogP contribution in [0.25, 0.3) is 0 Å². The molecule has 0 N–H and O–H groups in total. The maximum atomic E-state index is 13.6. The molecule has 0 atom stereocenters. The molecule has 0 aliphatic carbocycles. The predicted molar refractivity (Wildman–Crippen MR) is 137 cm³/mol. The van der Waals surface area contributed by atoms with Gasteiger partial charge in [0.1, 0.15) is 10.7 Å². The first-order valence-electron chi connectivity index (χ1n) is 9.90. The van der Waals surface area contributed by atoms with Gasteiger partial charge in [0.2, 0.25) is 0 Å². The number of hydrogen-bond donors (Lipinski definition) is 0. The molecular weight excluding hydrogens is 500 g/mol. The zero-order valence-corrected chi connectivity index (χ0v) is 20.6. The molecule has 2 aliphatic heterocycles. The zero-order chi connectivity index (χ0) is 23.3. The molecule has 1 saturated heterocycles. The Morgan fingerprint density at radius 2 is 1.73 bits per heavy atom. The van der Waals surface area contributed by atoms with Crippen molar-refractivity contribution in [3.05, 3.63) is 92.0 Å². The molecule has 0 spiro atoms. The van der Waals surface area contributed by atoms with Crippen molar-refractivity contribution in [3.63, 3.8) is 0 Å². The maximum absolute atomic E-state index is 13.6. The molecule has 3 aromatic carbocycles. The van der Waals surface area contributed by atoms with Crippen molar-refractivity contribution in [2.45, 2.75) is 11.8 Å². The van der Waals surface area contributed by atoms with Crippen LogP contribution in [0.15, 0.2) is 80.5 Å². The van der Waals surface area contributed by atoms with Crippen molar-refractivity contribution in [3.8, 4) is 0 Å². The van der Waals surface area contributed by atoms with E-state index in [2.05, 4.69) is 0 Å². The summed E-state index contributed by atoms with van der Waals surface area (Å²) in [5.41, 5.74) is 3.04. The van der Waals surface area contributed by atoms with Gasteiger partial charge in [0.05, 0.1) is 22.1 Å². The van der Waals surface area contributed by atoms with E-state index in [9.17, 15) is 9.18 Å². The van der Waals surface area contributed by atoms with Gasteiger partial charge in [-0.3, -0.25) is 9.69 Å². The molecule has 166 valence electrons. The second-order valence-electron chi connectivity index (χ2n) is 7.45. The van der Waals surface area contributed by atoms with Gasteiger partial charge in [-0.05, 0) is 78.8 Å². The van der Waals surface area contributed by atoms with Crippen molar-refractivity contribution < 1.29 is 9.18 Å². The van der Waals surface area contributed by atoms with Gasteiger partial charge in [-0.1, -0.05) is 41.0 Å². The normalized spacial score (nSPS) is 19.1. The minimum absolute atomic E-state index is 0.225. The van der Waals surface area contributed by atoms with Crippen LogP contribution in [-0.2, 0) is 4.79 Å². The summed E-state index contributed by atoms with van der Waals surface area (Å²) >= 11 is 15.3. The third-order valence-electron chi connectivity index (χ3n) is 5.23. The Morgan fingerprint density at radius 1 is 0.970 bits per heavy atom. The molecule has 0 unspecified atom stereocenters. The second kappa shape index (κ2) is 8.72. The Bertz CT molecular complexity index is 1360. The van der Waals surface area contributed by atoms with Crippen molar-refractivity contribution in [1.29, 1.82) is 0 Å². The monoisotopic (exact) mass is 515 g/mol. The van der Waals surface area contributed by atoms with Crippen molar-refractivity contribution >= 4 is 74.9 Å². The number of nitrogens with zero attached hydrogens (tertiary/aromatic N) is 3. The molecule has 9 heteroatoms. The maximum Gasteiger partial charge on any atom is 0.274 e. The van der Waals surface area contributed by atoms with Crippen LogP contribution in [0.2, 0.25) is 10.0 Å². The van der Waals surface area contributed by atoms with Crippen LogP contribution in [0.4, 0.5) is 21.5 Å². The Balaban J connectivity index is 1.61. The number of amidine groups is 1. The van der Waals surface area contributed by atoms with Gasteiger partial charge in [0.15, 0.2) is 5.17 Å². The fourth-order valence-electron chi connectivity index (χ4n) is 3.48. The third-order valence-corrected chi connectivity index (χ3v) is 8.27. The fourth-order valence-corrected chi connectivity index (χ4v) is 6.14. The topological polar surface area (TPSA) is 35.9 Å². The molecule has 0 aromatic heterocycles. The van der Waals surface area contributed by atoms with Crippen molar-refractivity contribution in [2.75, 3.05) is 16.8 Å². The standard InChI is InChI=1S/C24H16Cl2FN3OS2/c1-13-3-7-16(12-18(13)26)28-24-30(17-8-5-15(27)6-9-17)22(31)21(33-24)23-29(2)19-11-14(25)4-10-20(19)32-23/h3-12H,1-2H3. The number of thioether (sulfide) groups is 2. The Hall–Kier alpha value is -2.45. The van der Waals surface area contributed by atoms with E-state index >= 15 is 0 Å². The number of carbonyl (C=O) groups excluding carboxylic acids is 1. The SMILES string of the molecule is Cc1ccc(N=C2SC(=C3Sc4ccc(Cl)cc4N3C)C(=O)N2c2ccc(F)cc2)cc1Cl. The lowest BCUT2D eigenvalue weighted by atomic mass is 10.2. The van der Waals surface area contributed by atoms with Crippen molar-refractivity contribution in [2.24, 2.45) is 4.99 Å². The Kier molecular flexibility index (Phi) is 5.91. The van der Waals surface area contributed by atoms with Gasteiger partial charge in [0.25, 0.3) is 5.91 Å². The van der Waals surface area contributed by atoms with Gasteiger partial charge >= 0.3 is 0 Å². The van der Waals surface area contributed by atoms with E-state index in [4.69, 9.17) is 28.2 Å². The van der Waals surface area contributed by atoms with E-state index in [0.717, 1.165) is 21.2 Å². The number of anilines is 2. The molecule has 1 amide bonds. The number of carbonyl (C=O) groups is 1. The lowest BCUT2D eigenvalue weighted by Gasteiger charge is -2.17. The molecule has 2 heterocycles. The minimum atomic E-state index is -0.376. The summed E-state index contributed by atoms with van der Waals surface area (Å²) in [5.74, 6) is -0.601. The van der Waals surface area contributed by atoms with Gasteiger partial charge in [-0.15, -0.1) is 0 Å². The van der Waals surface area contributed by atoms with E-state index in [1.807, 2.05) is 49.2 Å². The summed E-state index contributed by atoms with van der Waals surface area (Å²) in [4.78, 5) is 23.4. The number of aryl methyl sites for hydroxylation is 1.